The summed E-state index contributed by atoms with van der Waals surface area (Å²) in [6, 6.07) is 0. The van der Waals surface area contributed by atoms with Gasteiger partial charge in [0.2, 0.25) is 0 Å². The Hall–Kier alpha value is -0.280. The van der Waals surface area contributed by atoms with Gasteiger partial charge < -0.3 is 35.9 Å². The second-order valence-electron chi connectivity index (χ2n) is 2.68. The third-order valence-corrected chi connectivity index (χ3v) is 1.44. The Labute approximate surface area is 88.9 Å². The second-order valence-corrected chi connectivity index (χ2v) is 2.68. The molecule has 0 aromatic rings. The molecule has 0 radical (unpaired) electrons. The third-order valence-electron chi connectivity index (χ3n) is 1.44. The quantitative estimate of drug-likeness (QED) is 0.305. The monoisotopic (exact) mass is 224 g/mol. The first-order valence-electron chi connectivity index (χ1n) is 4.79. The maximum Gasteiger partial charge on any atom is 0.183 e. The molecule has 2 atom stereocenters. The van der Waals surface area contributed by atoms with Gasteiger partial charge in [-0.05, 0) is 0 Å². The smallest absolute Gasteiger partial charge is 0.183 e. The van der Waals surface area contributed by atoms with Crippen molar-refractivity contribution in [1.82, 2.24) is 0 Å². The molecule has 0 fully saturated rings. The standard InChI is InChI=1S/C8H20N2O5/c9-1-3-13-7(5-11)15-8(6-12)14-4-2-10/h7-8,11-12H,1-6,9-10H2. The molecule has 15 heavy (non-hydrogen) atoms. The summed E-state index contributed by atoms with van der Waals surface area (Å²) in [4.78, 5) is 0. The molecule has 0 aliphatic heterocycles. The Kier molecular flexibility index (Phi) is 10.1. The van der Waals surface area contributed by atoms with Gasteiger partial charge in [-0.15, -0.1) is 0 Å². The molecule has 0 spiro atoms. The van der Waals surface area contributed by atoms with Crippen molar-refractivity contribution in [2.45, 2.75) is 12.6 Å². The molecule has 0 bridgehead atoms. The van der Waals surface area contributed by atoms with Gasteiger partial charge in [-0.25, -0.2) is 0 Å². The molecule has 0 rings (SSSR count). The summed E-state index contributed by atoms with van der Waals surface area (Å²) in [6.07, 6.45) is -1.69. The van der Waals surface area contributed by atoms with Crippen molar-refractivity contribution in [3.8, 4) is 0 Å². The molecular formula is C8H20N2O5. The topological polar surface area (TPSA) is 120 Å². The molecule has 0 aromatic carbocycles. The molecule has 7 heteroatoms. The van der Waals surface area contributed by atoms with Gasteiger partial charge >= 0.3 is 0 Å². The highest BCUT2D eigenvalue weighted by Gasteiger charge is 2.15. The highest BCUT2D eigenvalue weighted by molar-refractivity contribution is 4.47. The third kappa shape index (κ3) is 7.63. The zero-order chi connectivity index (χ0) is 11.5. The maximum atomic E-state index is 8.87. The number of aliphatic hydroxyl groups excluding tert-OH is 2. The highest BCUT2D eigenvalue weighted by Crippen LogP contribution is 2.01. The molecule has 0 aliphatic carbocycles. The van der Waals surface area contributed by atoms with Crippen molar-refractivity contribution >= 4 is 0 Å². The normalized spacial score (nSPS) is 15.2. The highest BCUT2D eigenvalue weighted by atomic mass is 16.8. The summed E-state index contributed by atoms with van der Waals surface area (Å²) in [7, 11) is 0. The number of aliphatic hydroxyl groups is 2. The minimum atomic E-state index is -0.844. The predicted octanol–water partition coefficient (Wildman–Crippen LogP) is -2.41. The van der Waals surface area contributed by atoms with Crippen LogP contribution in [0.25, 0.3) is 0 Å². The SMILES string of the molecule is NCCOC(CO)OC(CO)OCCN. The largest absolute Gasteiger partial charge is 0.391 e. The first kappa shape index (κ1) is 14.7. The number of hydrogen-bond acceptors (Lipinski definition) is 7. The zero-order valence-electron chi connectivity index (χ0n) is 8.67. The van der Waals surface area contributed by atoms with Crippen LogP contribution in [0.2, 0.25) is 0 Å². The second kappa shape index (κ2) is 10.2. The average Bonchev–Trinajstić information content (AvgIpc) is 2.28. The Morgan fingerprint density at radius 1 is 0.867 bits per heavy atom. The van der Waals surface area contributed by atoms with E-state index in [4.69, 9.17) is 35.9 Å². The molecule has 0 amide bonds. The van der Waals surface area contributed by atoms with Crippen LogP contribution in [0.1, 0.15) is 0 Å². The molecule has 2 unspecified atom stereocenters. The minimum absolute atomic E-state index is 0.264. The molecular weight excluding hydrogens is 204 g/mol. The fourth-order valence-corrected chi connectivity index (χ4v) is 0.838. The predicted molar refractivity (Wildman–Crippen MR) is 52.8 cm³/mol. The summed E-state index contributed by atoms with van der Waals surface area (Å²) < 4.78 is 15.2. The van der Waals surface area contributed by atoms with Crippen LogP contribution in [0.5, 0.6) is 0 Å². The van der Waals surface area contributed by atoms with E-state index in [9.17, 15) is 0 Å². The van der Waals surface area contributed by atoms with E-state index >= 15 is 0 Å². The Bertz CT molecular complexity index is 124. The van der Waals surface area contributed by atoms with Gasteiger partial charge in [0, 0.05) is 13.1 Å². The molecule has 0 aliphatic rings. The fourth-order valence-electron chi connectivity index (χ4n) is 0.838. The van der Waals surface area contributed by atoms with Crippen LogP contribution in [0.15, 0.2) is 0 Å². The number of ether oxygens (including phenoxy) is 3. The van der Waals surface area contributed by atoms with Gasteiger partial charge in [0.05, 0.1) is 26.4 Å². The molecule has 7 nitrogen and oxygen atoms in total. The Morgan fingerprint density at radius 2 is 1.27 bits per heavy atom. The van der Waals surface area contributed by atoms with Gasteiger partial charge in [0.1, 0.15) is 0 Å². The first-order chi connectivity index (χ1) is 7.28. The summed E-state index contributed by atoms with van der Waals surface area (Å²) >= 11 is 0. The average molecular weight is 224 g/mol. The van der Waals surface area contributed by atoms with E-state index in [1.165, 1.54) is 0 Å². The fraction of sp³-hybridized carbons (Fsp3) is 1.00. The summed E-state index contributed by atoms with van der Waals surface area (Å²) in [5.41, 5.74) is 10.4. The Balaban J connectivity index is 3.77. The van der Waals surface area contributed by atoms with E-state index in [0.29, 0.717) is 13.1 Å². The van der Waals surface area contributed by atoms with Crippen molar-refractivity contribution in [1.29, 1.82) is 0 Å². The van der Waals surface area contributed by atoms with Crippen LogP contribution in [0, 0.1) is 0 Å². The van der Waals surface area contributed by atoms with Crippen molar-refractivity contribution in [3.63, 3.8) is 0 Å². The summed E-state index contributed by atoms with van der Waals surface area (Å²) in [5.74, 6) is 0. The van der Waals surface area contributed by atoms with Crippen molar-refractivity contribution in [2.24, 2.45) is 11.5 Å². The van der Waals surface area contributed by atoms with Crippen LogP contribution >= 0.6 is 0 Å². The van der Waals surface area contributed by atoms with Crippen LogP contribution in [0.3, 0.4) is 0 Å². The molecule has 0 saturated heterocycles. The molecule has 0 aromatic heterocycles. The van der Waals surface area contributed by atoms with Crippen LogP contribution in [0.4, 0.5) is 0 Å². The lowest BCUT2D eigenvalue weighted by Crippen LogP contribution is -2.34. The van der Waals surface area contributed by atoms with E-state index in [2.05, 4.69) is 0 Å². The number of nitrogens with two attached hydrogens (primary N) is 2. The number of rotatable bonds is 10. The lowest BCUT2D eigenvalue weighted by molar-refractivity contribution is -0.262. The van der Waals surface area contributed by atoms with Crippen molar-refractivity contribution in [3.05, 3.63) is 0 Å². The first-order valence-corrected chi connectivity index (χ1v) is 4.79. The van der Waals surface area contributed by atoms with Crippen molar-refractivity contribution < 1.29 is 24.4 Å². The van der Waals surface area contributed by atoms with E-state index in [0.717, 1.165) is 0 Å². The summed E-state index contributed by atoms with van der Waals surface area (Å²) in [6.45, 7) is 0.520. The summed E-state index contributed by atoms with van der Waals surface area (Å²) in [5, 5.41) is 17.7. The van der Waals surface area contributed by atoms with Crippen LogP contribution in [-0.4, -0.2) is 62.3 Å². The van der Waals surface area contributed by atoms with Gasteiger partial charge in [0.15, 0.2) is 12.6 Å². The van der Waals surface area contributed by atoms with E-state index in [-0.39, 0.29) is 26.4 Å². The zero-order valence-corrected chi connectivity index (χ0v) is 8.67. The van der Waals surface area contributed by atoms with E-state index in [1.54, 1.807) is 0 Å². The van der Waals surface area contributed by atoms with Gasteiger partial charge in [-0.1, -0.05) is 0 Å². The van der Waals surface area contributed by atoms with E-state index in [1.807, 2.05) is 0 Å². The van der Waals surface area contributed by atoms with Gasteiger partial charge in [-0.3, -0.25) is 0 Å². The van der Waals surface area contributed by atoms with Crippen LogP contribution < -0.4 is 11.5 Å². The van der Waals surface area contributed by atoms with E-state index < -0.39 is 12.6 Å². The minimum Gasteiger partial charge on any atom is -0.391 e. The molecule has 92 valence electrons. The lowest BCUT2D eigenvalue weighted by Gasteiger charge is -2.22. The number of hydrogen-bond donors (Lipinski definition) is 4. The Morgan fingerprint density at radius 3 is 1.53 bits per heavy atom. The maximum absolute atomic E-state index is 8.87. The molecule has 0 saturated carbocycles. The molecule has 6 N–H and O–H groups in total. The lowest BCUT2D eigenvalue weighted by atomic mass is 10.6. The van der Waals surface area contributed by atoms with Crippen LogP contribution in [-0.2, 0) is 14.2 Å². The molecule has 0 heterocycles. The van der Waals surface area contributed by atoms with Gasteiger partial charge in [-0.2, -0.15) is 0 Å². The van der Waals surface area contributed by atoms with Crippen molar-refractivity contribution in [2.75, 3.05) is 39.5 Å². The van der Waals surface area contributed by atoms with Gasteiger partial charge in [0.25, 0.3) is 0 Å².